The monoisotopic (exact) mass is 426 g/mol. The Hall–Kier alpha value is -3.27. The first-order valence-electron chi connectivity index (χ1n) is 9.28. The largest absolute Gasteiger partial charge is 0.311 e. The number of nitrogens with one attached hydrogen (secondary N) is 1. The van der Waals surface area contributed by atoms with E-state index in [2.05, 4.69) is 20.4 Å². The summed E-state index contributed by atoms with van der Waals surface area (Å²) in [6.45, 7) is 5.66. The van der Waals surface area contributed by atoms with E-state index in [0.717, 1.165) is 27.8 Å². The number of rotatable bonds is 7. The minimum absolute atomic E-state index is 0.00587. The molecule has 0 saturated carbocycles. The number of anilines is 1. The van der Waals surface area contributed by atoms with E-state index < -0.39 is 4.92 Å². The van der Waals surface area contributed by atoms with Gasteiger partial charge in [-0.2, -0.15) is 5.10 Å². The summed E-state index contributed by atoms with van der Waals surface area (Å²) in [5, 5.41) is 18.8. The van der Waals surface area contributed by atoms with Gasteiger partial charge in [0.05, 0.1) is 16.3 Å². The third-order valence-corrected chi connectivity index (χ3v) is 5.14. The number of carbonyl (C=O) groups is 1. The van der Waals surface area contributed by atoms with Crippen molar-refractivity contribution >= 4 is 29.2 Å². The van der Waals surface area contributed by atoms with Crippen molar-refractivity contribution < 1.29 is 9.72 Å². The Labute approximate surface area is 178 Å². The zero-order valence-electron chi connectivity index (χ0n) is 17.2. The van der Waals surface area contributed by atoms with Crippen molar-refractivity contribution in [1.29, 1.82) is 0 Å². The Morgan fingerprint density at radius 1 is 1.17 bits per heavy atom. The van der Waals surface area contributed by atoms with Gasteiger partial charge in [-0.3, -0.25) is 14.9 Å². The van der Waals surface area contributed by atoms with Crippen molar-refractivity contribution in [3.63, 3.8) is 0 Å². The number of amides is 1. The van der Waals surface area contributed by atoms with Crippen LogP contribution in [-0.2, 0) is 11.2 Å². The van der Waals surface area contributed by atoms with Crippen LogP contribution < -0.4 is 5.32 Å². The molecule has 0 saturated heterocycles. The molecule has 9 nitrogen and oxygen atoms in total. The maximum atomic E-state index is 12.6. The number of nitrogens with zero attached hydrogens (tertiary/aromatic N) is 5. The molecule has 2 heterocycles. The molecule has 0 fully saturated rings. The summed E-state index contributed by atoms with van der Waals surface area (Å²) < 4.78 is 1.56. The summed E-state index contributed by atoms with van der Waals surface area (Å²) in [6, 6.07) is 7.75. The molecule has 1 N–H and O–H groups in total. The van der Waals surface area contributed by atoms with Crippen molar-refractivity contribution in [2.45, 2.75) is 38.8 Å². The summed E-state index contributed by atoms with van der Waals surface area (Å²) in [4.78, 5) is 31.9. The molecular formula is C20H22N6O3S. The second kappa shape index (κ2) is 9.04. The van der Waals surface area contributed by atoms with Crippen LogP contribution in [-0.4, -0.2) is 36.8 Å². The average Bonchev–Trinajstić information content (AvgIpc) is 3.07. The Kier molecular flexibility index (Phi) is 6.46. The molecule has 30 heavy (non-hydrogen) atoms. The minimum Gasteiger partial charge on any atom is -0.311 e. The third-order valence-electron chi connectivity index (χ3n) is 4.59. The molecule has 1 aromatic carbocycles. The second-order valence-corrected chi connectivity index (χ2v) is 7.54. The summed E-state index contributed by atoms with van der Waals surface area (Å²) in [6.07, 6.45) is 2.73. The maximum absolute atomic E-state index is 12.6. The Balaban J connectivity index is 1.73. The molecule has 10 heteroatoms. The Morgan fingerprint density at radius 3 is 2.37 bits per heavy atom. The van der Waals surface area contributed by atoms with E-state index in [1.165, 1.54) is 23.9 Å². The highest BCUT2D eigenvalue weighted by molar-refractivity contribution is 7.98. The molecule has 0 aliphatic heterocycles. The first kappa shape index (κ1) is 21.4. The van der Waals surface area contributed by atoms with Crippen LogP contribution >= 0.6 is 11.8 Å². The van der Waals surface area contributed by atoms with Gasteiger partial charge in [-0.15, -0.1) is 0 Å². The molecule has 1 amide bonds. The quantitative estimate of drug-likeness (QED) is 0.264. The van der Waals surface area contributed by atoms with E-state index in [1.807, 2.05) is 27.0 Å². The number of carbonyl (C=O) groups excluding carboxylic acids is 1. The molecular weight excluding hydrogens is 404 g/mol. The highest BCUT2D eigenvalue weighted by Crippen LogP contribution is 2.21. The number of thioether (sulfide) groups is 1. The van der Waals surface area contributed by atoms with Crippen LogP contribution in [0, 0.1) is 30.9 Å². The lowest BCUT2D eigenvalue weighted by Gasteiger charge is -2.11. The SMILES string of the molecule is CSc1nc(C)c(CCC(=O)Nc2cc(C)nn2-c2ccc([N+](=O)[O-])cc2)c(C)n1. The number of aryl methyl sites for hydroxylation is 3. The highest BCUT2D eigenvalue weighted by atomic mass is 32.2. The molecule has 0 aliphatic carbocycles. The molecule has 0 bridgehead atoms. The van der Waals surface area contributed by atoms with Crippen LogP contribution in [0.5, 0.6) is 0 Å². The van der Waals surface area contributed by atoms with Crippen molar-refractivity contribution in [2.75, 3.05) is 11.6 Å². The molecule has 3 rings (SSSR count). The summed E-state index contributed by atoms with van der Waals surface area (Å²) in [5.41, 5.74) is 4.07. The first-order chi connectivity index (χ1) is 14.3. The van der Waals surface area contributed by atoms with Crippen LogP contribution in [0.2, 0.25) is 0 Å². The lowest BCUT2D eigenvalue weighted by molar-refractivity contribution is -0.384. The standard InChI is InChI=1S/C20H22N6O3S/c1-12-11-18(25(24-12)15-5-7-16(8-6-15)26(28)29)23-19(27)10-9-17-13(2)21-20(30-4)22-14(17)3/h5-8,11H,9-10H2,1-4H3,(H,23,27). The molecule has 2 aromatic heterocycles. The van der Waals surface area contributed by atoms with E-state index in [9.17, 15) is 14.9 Å². The summed E-state index contributed by atoms with van der Waals surface area (Å²) >= 11 is 1.49. The smallest absolute Gasteiger partial charge is 0.269 e. The van der Waals surface area contributed by atoms with Gasteiger partial charge < -0.3 is 5.32 Å². The number of nitro benzene ring substituents is 1. The van der Waals surface area contributed by atoms with Gasteiger partial charge in [0.2, 0.25) is 5.91 Å². The average molecular weight is 427 g/mol. The van der Waals surface area contributed by atoms with Gasteiger partial charge in [0.1, 0.15) is 5.82 Å². The van der Waals surface area contributed by atoms with E-state index in [4.69, 9.17) is 0 Å². The lowest BCUT2D eigenvalue weighted by Crippen LogP contribution is -2.16. The molecule has 3 aromatic rings. The number of non-ortho nitro benzene ring substituents is 1. The van der Waals surface area contributed by atoms with Gasteiger partial charge in [0.25, 0.3) is 5.69 Å². The number of hydrogen-bond donors (Lipinski definition) is 1. The fraction of sp³-hybridized carbons (Fsp3) is 0.300. The van der Waals surface area contributed by atoms with Crippen LogP contribution in [0.3, 0.4) is 0 Å². The van der Waals surface area contributed by atoms with Gasteiger partial charge in [-0.05, 0) is 51.1 Å². The lowest BCUT2D eigenvalue weighted by atomic mass is 10.1. The van der Waals surface area contributed by atoms with Crippen molar-refractivity contribution in [1.82, 2.24) is 19.7 Å². The topological polar surface area (TPSA) is 116 Å². The molecule has 0 spiro atoms. The van der Waals surface area contributed by atoms with E-state index >= 15 is 0 Å². The van der Waals surface area contributed by atoms with Crippen LogP contribution in [0.4, 0.5) is 11.5 Å². The molecule has 0 radical (unpaired) electrons. The predicted molar refractivity (Wildman–Crippen MR) is 115 cm³/mol. The zero-order chi connectivity index (χ0) is 21.8. The van der Waals surface area contributed by atoms with Crippen molar-refractivity contribution in [2.24, 2.45) is 0 Å². The van der Waals surface area contributed by atoms with Gasteiger partial charge in [-0.25, -0.2) is 14.6 Å². The second-order valence-electron chi connectivity index (χ2n) is 6.76. The van der Waals surface area contributed by atoms with Crippen molar-refractivity contribution in [3.8, 4) is 5.69 Å². The van der Waals surface area contributed by atoms with Gasteiger partial charge in [0, 0.05) is 36.0 Å². The van der Waals surface area contributed by atoms with E-state index in [-0.39, 0.29) is 18.0 Å². The summed E-state index contributed by atoms with van der Waals surface area (Å²) in [7, 11) is 0. The zero-order valence-corrected chi connectivity index (χ0v) is 18.0. The fourth-order valence-electron chi connectivity index (χ4n) is 3.11. The summed E-state index contributed by atoms with van der Waals surface area (Å²) in [5.74, 6) is 0.347. The van der Waals surface area contributed by atoms with Crippen LogP contribution in [0.25, 0.3) is 5.69 Å². The van der Waals surface area contributed by atoms with Gasteiger partial charge >= 0.3 is 0 Å². The third kappa shape index (κ3) is 4.82. The first-order valence-corrected chi connectivity index (χ1v) is 10.5. The highest BCUT2D eigenvalue weighted by Gasteiger charge is 2.14. The Morgan fingerprint density at radius 2 is 1.80 bits per heavy atom. The van der Waals surface area contributed by atoms with Gasteiger partial charge in [0.15, 0.2) is 5.16 Å². The molecule has 0 unspecified atom stereocenters. The van der Waals surface area contributed by atoms with E-state index in [0.29, 0.717) is 17.9 Å². The van der Waals surface area contributed by atoms with Crippen LogP contribution in [0.1, 0.15) is 29.1 Å². The maximum Gasteiger partial charge on any atom is 0.269 e. The normalized spacial score (nSPS) is 10.8. The van der Waals surface area contributed by atoms with Crippen molar-refractivity contribution in [3.05, 3.63) is 63.1 Å². The molecule has 0 aliphatic rings. The fourth-order valence-corrected chi connectivity index (χ4v) is 3.56. The molecule has 156 valence electrons. The van der Waals surface area contributed by atoms with Gasteiger partial charge in [-0.1, -0.05) is 11.8 Å². The number of hydrogen-bond acceptors (Lipinski definition) is 7. The number of benzene rings is 1. The Bertz CT molecular complexity index is 1070. The number of aromatic nitrogens is 4. The minimum atomic E-state index is -0.458. The van der Waals surface area contributed by atoms with E-state index in [1.54, 1.807) is 22.9 Å². The van der Waals surface area contributed by atoms with Crippen LogP contribution in [0.15, 0.2) is 35.5 Å². The predicted octanol–water partition coefficient (Wildman–Crippen LogP) is 3.79. The number of nitro groups is 1. The molecule has 0 atom stereocenters.